The van der Waals surface area contributed by atoms with E-state index < -0.39 is 0 Å². The number of rotatable bonds is 2. The Bertz CT molecular complexity index is 548. The summed E-state index contributed by atoms with van der Waals surface area (Å²) in [6.07, 6.45) is 4.20. The molecule has 1 unspecified atom stereocenters. The Hall–Kier alpha value is -1.14. The first-order valence-electron chi connectivity index (χ1n) is 5.63. The lowest BCUT2D eigenvalue weighted by Crippen LogP contribution is -2.16. The maximum atomic E-state index is 5.92. The van der Waals surface area contributed by atoms with E-state index in [2.05, 4.69) is 25.9 Å². The first kappa shape index (κ1) is 11.0. The normalized spacial score (nSPS) is 20.2. The van der Waals surface area contributed by atoms with E-state index in [0.717, 1.165) is 41.6 Å². The topological polar surface area (TPSA) is 66.0 Å². The van der Waals surface area contributed by atoms with E-state index in [1.807, 2.05) is 10.6 Å². The second kappa shape index (κ2) is 4.27. The van der Waals surface area contributed by atoms with Gasteiger partial charge in [-0.3, -0.25) is 4.57 Å². The van der Waals surface area contributed by atoms with E-state index in [1.54, 1.807) is 6.20 Å². The van der Waals surface area contributed by atoms with Crippen LogP contribution in [0, 0.1) is 0 Å². The van der Waals surface area contributed by atoms with Gasteiger partial charge in [0.05, 0.1) is 12.6 Å². The molecule has 2 aromatic heterocycles. The molecule has 1 aliphatic rings. The van der Waals surface area contributed by atoms with Crippen LogP contribution >= 0.6 is 15.9 Å². The van der Waals surface area contributed by atoms with E-state index in [-0.39, 0.29) is 6.10 Å². The molecule has 5 nitrogen and oxygen atoms in total. The van der Waals surface area contributed by atoms with Crippen molar-refractivity contribution in [2.75, 3.05) is 12.3 Å². The molecule has 1 fully saturated rings. The summed E-state index contributed by atoms with van der Waals surface area (Å²) in [4.78, 5) is 8.67. The van der Waals surface area contributed by atoms with Crippen LogP contribution in [0.1, 0.15) is 12.8 Å². The monoisotopic (exact) mass is 296 g/mol. The molecule has 0 radical (unpaired) electrons. The lowest BCUT2D eigenvalue weighted by molar-refractivity contribution is 0.0982. The van der Waals surface area contributed by atoms with Gasteiger partial charge in [-0.25, -0.2) is 9.97 Å². The summed E-state index contributed by atoms with van der Waals surface area (Å²) in [6.45, 7) is 1.58. The molecule has 90 valence electrons. The molecule has 1 saturated heterocycles. The minimum absolute atomic E-state index is 0.236. The van der Waals surface area contributed by atoms with Crippen molar-refractivity contribution in [2.24, 2.45) is 0 Å². The predicted octanol–water partition coefficient (Wildman–Crippen LogP) is 1.96. The highest BCUT2D eigenvalue weighted by atomic mass is 79.9. The van der Waals surface area contributed by atoms with Crippen molar-refractivity contribution >= 4 is 33.0 Å². The summed E-state index contributed by atoms with van der Waals surface area (Å²) in [7, 11) is 0. The van der Waals surface area contributed by atoms with Crippen molar-refractivity contribution in [2.45, 2.75) is 25.5 Å². The molecule has 0 spiro atoms. The number of anilines is 1. The Morgan fingerprint density at radius 3 is 3.24 bits per heavy atom. The number of nitrogens with zero attached hydrogens (tertiary/aromatic N) is 3. The SMILES string of the molecule is Nc1nc2cc(Br)cnc2n1CC1CCCO1. The lowest BCUT2D eigenvalue weighted by atomic mass is 10.2. The zero-order chi connectivity index (χ0) is 11.8. The van der Waals surface area contributed by atoms with Crippen molar-refractivity contribution in [3.8, 4) is 0 Å². The quantitative estimate of drug-likeness (QED) is 0.920. The van der Waals surface area contributed by atoms with Crippen LogP contribution in [0.2, 0.25) is 0 Å². The number of nitrogens with two attached hydrogens (primary N) is 1. The van der Waals surface area contributed by atoms with E-state index in [1.165, 1.54) is 0 Å². The fourth-order valence-electron chi connectivity index (χ4n) is 2.18. The Kier molecular flexibility index (Phi) is 2.76. The number of fused-ring (bicyclic) bond motifs is 1. The minimum Gasteiger partial charge on any atom is -0.376 e. The van der Waals surface area contributed by atoms with E-state index in [4.69, 9.17) is 10.5 Å². The van der Waals surface area contributed by atoms with Gasteiger partial charge in [-0.1, -0.05) is 0 Å². The molecule has 0 saturated carbocycles. The molecule has 17 heavy (non-hydrogen) atoms. The molecule has 6 heteroatoms. The molecule has 1 atom stereocenters. The Morgan fingerprint density at radius 1 is 1.59 bits per heavy atom. The Labute approximate surface area is 107 Å². The second-order valence-electron chi connectivity index (χ2n) is 4.21. The van der Waals surface area contributed by atoms with Crippen LogP contribution in [0.25, 0.3) is 11.2 Å². The number of ether oxygens (including phenoxy) is 1. The van der Waals surface area contributed by atoms with E-state index >= 15 is 0 Å². The average molecular weight is 297 g/mol. The number of nitrogen functional groups attached to an aromatic ring is 1. The number of pyridine rings is 1. The van der Waals surface area contributed by atoms with Crippen LogP contribution in [-0.2, 0) is 11.3 Å². The highest BCUT2D eigenvalue weighted by Gasteiger charge is 2.19. The predicted molar refractivity (Wildman–Crippen MR) is 68.6 cm³/mol. The number of hydrogen-bond donors (Lipinski definition) is 1. The number of imidazole rings is 1. The van der Waals surface area contributed by atoms with Gasteiger partial charge in [-0.15, -0.1) is 0 Å². The van der Waals surface area contributed by atoms with Crippen LogP contribution in [0.3, 0.4) is 0 Å². The van der Waals surface area contributed by atoms with Crippen molar-refractivity contribution in [3.05, 3.63) is 16.7 Å². The zero-order valence-electron chi connectivity index (χ0n) is 9.27. The van der Waals surface area contributed by atoms with Crippen LogP contribution < -0.4 is 5.73 Å². The van der Waals surface area contributed by atoms with Gasteiger partial charge in [-0.05, 0) is 34.8 Å². The Morgan fingerprint density at radius 2 is 2.47 bits per heavy atom. The van der Waals surface area contributed by atoms with Gasteiger partial charge in [0, 0.05) is 17.3 Å². The Balaban J connectivity index is 1.99. The third-order valence-electron chi connectivity index (χ3n) is 2.99. The maximum Gasteiger partial charge on any atom is 0.202 e. The molecular weight excluding hydrogens is 284 g/mol. The van der Waals surface area contributed by atoms with Crippen LogP contribution in [0.5, 0.6) is 0 Å². The van der Waals surface area contributed by atoms with Gasteiger partial charge in [0.25, 0.3) is 0 Å². The molecule has 0 aromatic carbocycles. The number of halogens is 1. The first-order valence-corrected chi connectivity index (χ1v) is 6.42. The molecule has 1 aliphatic heterocycles. The smallest absolute Gasteiger partial charge is 0.202 e. The largest absolute Gasteiger partial charge is 0.376 e. The molecule has 2 aromatic rings. The van der Waals surface area contributed by atoms with Gasteiger partial charge in [-0.2, -0.15) is 0 Å². The number of aromatic nitrogens is 3. The summed E-state index contributed by atoms with van der Waals surface area (Å²) < 4.78 is 8.45. The number of hydrogen-bond acceptors (Lipinski definition) is 4. The molecule has 3 rings (SSSR count). The fourth-order valence-corrected chi connectivity index (χ4v) is 2.50. The van der Waals surface area contributed by atoms with Crippen LogP contribution in [0.4, 0.5) is 5.95 Å². The summed E-state index contributed by atoms with van der Waals surface area (Å²) in [5, 5.41) is 0. The summed E-state index contributed by atoms with van der Waals surface area (Å²) >= 11 is 3.38. The summed E-state index contributed by atoms with van der Waals surface area (Å²) in [5.74, 6) is 0.501. The van der Waals surface area contributed by atoms with Gasteiger partial charge in [0.2, 0.25) is 5.95 Å². The molecule has 0 bridgehead atoms. The summed E-state index contributed by atoms with van der Waals surface area (Å²) in [5.41, 5.74) is 7.56. The third kappa shape index (κ3) is 2.02. The molecular formula is C11H13BrN4O. The molecule has 2 N–H and O–H groups in total. The van der Waals surface area contributed by atoms with Crippen LogP contribution in [0.15, 0.2) is 16.7 Å². The van der Waals surface area contributed by atoms with Crippen molar-refractivity contribution in [3.63, 3.8) is 0 Å². The molecule has 3 heterocycles. The van der Waals surface area contributed by atoms with Gasteiger partial charge in [0.1, 0.15) is 5.52 Å². The van der Waals surface area contributed by atoms with Gasteiger partial charge in [0.15, 0.2) is 5.65 Å². The molecule has 0 aliphatic carbocycles. The van der Waals surface area contributed by atoms with Crippen molar-refractivity contribution < 1.29 is 4.74 Å². The van der Waals surface area contributed by atoms with Gasteiger partial charge < -0.3 is 10.5 Å². The third-order valence-corrected chi connectivity index (χ3v) is 3.42. The van der Waals surface area contributed by atoms with E-state index in [0.29, 0.717) is 5.95 Å². The summed E-state index contributed by atoms with van der Waals surface area (Å²) in [6, 6.07) is 1.92. The standard InChI is InChI=1S/C11H13BrN4O/c12-7-4-9-10(14-5-7)16(11(13)15-9)6-8-2-1-3-17-8/h4-5,8H,1-3,6H2,(H2,13,15). The highest BCUT2D eigenvalue weighted by molar-refractivity contribution is 9.10. The van der Waals surface area contributed by atoms with E-state index in [9.17, 15) is 0 Å². The second-order valence-corrected chi connectivity index (χ2v) is 5.13. The zero-order valence-corrected chi connectivity index (χ0v) is 10.9. The molecule has 0 amide bonds. The van der Waals surface area contributed by atoms with Gasteiger partial charge >= 0.3 is 0 Å². The minimum atomic E-state index is 0.236. The first-order chi connectivity index (χ1) is 8.24. The van der Waals surface area contributed by atoms with Crippen molar-refractivity contribution in [1.29, 1.82) is 0 Å². The average Bonchev–Trinajstić information content (AvgIpc) is 2.88. The lowest BCUT2D eigenvalue weighted by Gasteiger charge is -2.11. The maximum absolute atomic E-state index is 5.92. The van der Waals surface area contributed by atoms with Crippen LogP contribution in [-0.4, -0.2) is 27.2 Å². The fraction of sp³-hybridized carbons (Fsp3) is 0.455. The van der Waals surface area contributed by atoms with Crippen molar-refractivity contribution in [1.82, 2.24) is 14.5 Å². The highest BCUT2D eigenvalue weighted by Crippen LogP contribution is 2.22.